The maximum Gasteiger partial charge on any atom is 0.317 e. The van der Waals surface area contributed by atoms with E-state index in [9.17, 15) is 9.90 Å². The number of hydrogen-bond donors (Lipinski definition) is 2. The predicted octanol–water partition coefficient (Wildman–Crippen LogP) is 0.951. The Morgan fingerprint density at radius 1 is 1.43 bits per heavy atom. The van der Waals surface area contributed by atoms with Gasteiger partial charge < -0.3 is 15.3 Å². The lowest BCUT2D eigenvalue weighted by Crippen LogP contribution is -2.54. The summed E-state index contributed by atoms with van der Waals surface area (Å²) in [6, 6.07) is -0.0617. The van der Waals surface area contributed by atoms with E-state index in [1.165, 1.54) is 0 Å². The van der Waals surface area contributed by atoms with E-state index in [0.29, 0.717) is 0 Å². The van der Waals surface area contributed by atoms with Gasteiger partial charge in [-0.3, -0.25) is 0 Å². The Labute approximate surface area is 85.3 Å². The molecule has 0 saturated carbocycles. The molecule has 1 rings (SSSR count). The second-order valence-electron chi connectivity index (χ2n) is 4.52. The Kier molecular flexibility index (Phi) is 3.37. The van der Waals surface area contributed by atoms with Crippen LogP contribution in [0.5, 0.6) is 0 Å². The van der Waals surface area contributed by atoms with Crippen LogP contribution >= 0.6 is 0 Å². The van der Waals surface area contributed by atoms with E-state index >= 15 is 0 Å². The van der Waals surface area contributed by atoms with Gasteiger partial charge in [0, 0.05) is 13.1 Å². The summed E-state index contributed by atoms with van der Waals surface area (Å²) in [4.78, 5) is 13.5. The van der Waals surface area contributed by atoms with Gasteiger partial charge in [0.05, 0.1) is 11.6 Å². The second kappa shape index (κ2) is 4.17. The maximum absolute atomic E-state index is 11.7. The Bertz CT molecular complexity index is 208. The molecule has 1 heterocycles. The summed E-state index contributed by atoms with van der Waals surface area (Å²) in [7, 11) is 0. The van der Waals surface area contributed by atoms with Crippen LogP contribution in [0.1, 0.15) is 33.6 Å². The lowest BCUT2D eigenvalue weighted by atomic mass is 9.99. The van der Waals surface area contributed by atoms with Crippen molar-refractivity contribution in [1.29, 1.82) is 0 Å². The number of aliphatic hydroxyl groups is 1. The highest BCUT2D eigenvalue weighted by molar-refractivity contribution is 5.75. The van der Waals surface area contributed by atoms with Crippen molar-refractivity contribution in [3.63, 3.8) is 0 Å². The fourth-order valence-electron chi connectivity index (χ4n) is 1.38. The number of likely N-dealkylation sites (tertiary alicyclic amines) is 1. The van der Waals surface area contributed by atoms with E-state index in [-0.39, 0.29) is 6.03 Å². The molecule has 1 unspecified atom stereocenters. The molecule has 2 N–H and O–H groups in total. The minimum absolute atomic E-state index is 0.0617. The summed E-state index contributed by atoms with van der Waals surface area (Å²) in [6.07, 6.45) is 1.62. The monoisotopic (exact) mass is 200 g/mol. The average molecular weight is 200 g/mol. The first-order valence-electron chi connectivity index (χ1n) is 5.18. The summed E-state index contributed by atoms with van der Waals surface area (Å²) in [6.45, 7) is 7.00. The van der Waals surface area contributed by atoms with E-state index in [1.807, 2.05) is 13.8 Å². The summed E-state index contributed by atoms with van der Waals surface area (Å²) in [5, 5.41) is 12.3. The third-order valence-corrected chi connectivity index (χ3v) is 2.87. The van der Waals surface area contributed by atoms with Gasteiger partial charge in [-0.25, -0.2) is 4.79 Å². The van der Waals surface area contributed by atoms with Crippen LogP contribution < -0.4 is 5.32 Å². The molecule has 1 fully saturated rings. The Balaban J connectivity index is 2.46. The smallest absolute Gasteiger partial charge is 0.317 e. The van der Waals surface area contributed by atoms with Crippen molar-refractivity contribution in [1.82, 2.24) is 10.2 Å². The van der Waals surface area contributed by atoms with Crippen molar-refractivity contribution in [2.24, 2.45) is 0 Å². The normalized spacial score (nSPS) is 19.6. The van der Waals surface area contributed by atoms with E-state index < -0.39 is 11.6 Å². The number of rotatable bonds is 2. The summed E-state index contributed by atoms with van der Waals surface area (Å²) in [5.41, 5.74) is -0.556. The molecule has 0 aromatic carbocycles. The molecule has 0 aromatic rings. The molecule has 82 valence electrons. The SMILES string of the molecule is CC(O)C(C)(C)NC(=O)N1CCCC1. The molecule has 0 radical (unpaired) electrons. The highest BCUT2D eigenvalue weighted by atomic mass is 16.3. The lowest BCUT2D eigenvalue weighted by molar-refractivity contribution is 0.0961. The van der Waals surface area contributed by atoms with Crippen LogP contribution in [-0.2, 0) is 0 Å². The minimum atomic E-state index is -0.556. The van der Waals surface area contributed by atoms with Gasteiger partial charge in [-0.2, -0.15) is 0 Å². The maximum atomic E-state index is 11.7. The number of carbonyl (C=O) groups is 1. The van der Waals surface area contributed by atoms with Crippen LogP contribution in [0.25, 0.3) is 0 Å². The number of urea groups is 1. The number of nitrogens with zero attached hydrogens (tertiary/aromatic N) is 1. The van der Waals surface area contributed by atoms with E-state index in [1.54, 1.807) is 11.8 Å². The Morgan fingerprint density at radius 3 is 2.36 bits per heavy atom. The second-order valence-corrected chi connectivity index (χ2v) is 4.52. The highest BCUT2D eigenvalue weighted by Crippen LogP contribution is 2.12. The quantitative estimate of drug-likeness (QED) is 0.697. The van der Waals surface area contributed by atoms with Crippen LogP contribution in [0.15, 0.2) is 0 Å². The number of nitrogens with one attached hydrogen (secondary N) is 1. The zero-order valence-corrected chi connectivity index (χ0v) is 9.21. The molecule has 0 aliphatic carbocycles. The van der Waals surface area contributed by atoms with E-state index in [0.717, 1.165) is 25.9 Å². The number of aliphatic hydroxyl groups excluding tert-OH is 1. The highest BCUT2D eigenvalue weighted by Gasteiger charge is 2.28. The third kappa shape index (κ3) is 2.61. The van der Waals surface area contributed by atoms with Gasteiger partial charge in [-0.05, 0) is 33.6 Å². The molecular formula is C10H20N2O2. The largest absolute Gasteiger partial charge is 0.391 e. The van der Waals surface area contributed by atoms with Crippen LogP contribution in [0.4, 0.5) is 4.79 Å². The van der Waals surface area contributed by atoms with Crippen LogP contribution in [0.2, 0.25) is 0 Å². The third-order valence-electron chi connectivity index (χ3n) is 2.87. The number of hydrogen-bond acceptors (Lipinski definition) is 2. The fourth-order valence-corrected chi connectivity index (χ4v) is 1.38. The number of carbonyl (C=O) groups excluding carboxylic acids is 1. The van der Waals surface area contributed by atoms with Gasteiger partial charge in [-0.1, -0.05) is 0 Å². The van der Waals surface area contributed by atoms with Crippen LogP contribution in [-0.4, -0.2) is 40.8 Å². The standard InChI is InChI=1S/C10H20N2O2/c1-8(13)10(2,3)11-9(14)12-6-4-5-7-12/h8,13H,4-7H2,1-3H3,(H,11,14). The Morgan fingerprint density at radius 2 is 1.93 bits per heavy atom. The summed E-state index contributed by atoms with van der Waals surface area (Å²) < 4.78 is 0. The van der Waals surface area contributed by atoms with E-state index in [4.69, 9.17) is 0 Å². The van der Waals surface area contributed by atoms with Gasteiger partial charge in [0.2, 0.25) is 0 Å². The molecule has 1 atom stereocenters. The summed E-state index contributed by atoms with van der Waals surface area (Å²) in [5.74, 6) is 0. The van der Waals surface area contributed by atoms with Crippen molar-refractivity contribution in [3.05, 3.63) is 0 Å². The molecule has 0 bridgehead atoms. The van der Waals surface area contributed by atoms with Crippen molar-refractivity contribution in [2.75, 3.05) is 13.1 Å². The molecular weight excluding hydrogens is 180 g/mol. The molecule has 1 saturated heterocycles. The van der Waals surface area contributed by atoms with Crippen molar-refractivity contribution < 1.29 is 9.90 Å². The van der Waals surface area contributed by atoms with Gasteiger partial charge in [0.1, 0.15) is 0 Å². The van der Waals surface area contributed by atoms with Crippen molar-refractivity contribution in [2.45, 2.75) is 45.3 Å². The molecule has 4 heteroatoms. The topological polar surface area (TPSA) is 52.6 Å². The Hall–Kier alpha value is -0.770. The van der Waals surface area contributed by atoms with Crippen molar-refractivity contribution >= 4 is 6.03 Å². The van der Waals surface area contributed by atoms with Gasteiger partial charge in [-0.15, -0.1) is 0 Å². The van der Waals surface area contributed by atoms with Crippen molar-refractivity contribution in [3.8, 4) is 0 Å². The zero-order chi connectivity index (χ0) is 10.8. The van der Waals surface area contributed by atoms with Crippen LogP contribution in [0, 0.1) is 0 Å². The van der Waals surface area contributed by atoms with Gasteiger partial charge in [0.25, 0.3) is 0 Å². The molecule has 1 aliphatic rings. The summed E-state index contributed by atoms with van der Waals surface area (Å²) >= 11 is 0. The molecule has 1 aliphatic heterocycles. The molecule has 0 aromatic heterocycles. The molecule has 0 spiro atoms. The first-order valence-corrected chi connectivity index (χ1v) is 5.18. The molecule has 14 heavy (non-hydrogen) atoms. The average Bonchev–Trinajstić information content (AvgIpc) is 2.54. The lowest BCUT2D eigenvalue weighted by Gasteiger charge is -2.31. The molecule has 2 amide bonds. The minimum Gasteiger partial charge on any atom is -0.391 e. The van der Waals surface area contributed by atoms with Crippen LogP contribution in [0.3, 0.4) is 0 Å². The molecule has 4 nitrogen and oxygen atoms in total. The first kappa shape index (κ1) is 11.3. The first-order chi connectivity index (χ1) is 6.43. The fraction of sp³-hybridized carbons (Fsp3) is 0.900. The number of amides is 2. The zero-order valence-electron chi connectivity index (χ0n) is 9.21. The van der Waals surface area contributed by atoms with Gasteiger partial charge in [0.15, 0.2) is 0 Å². The predicted molar refractivity (Wildman–Crippen MR) is 55.1 cm³/mol. The van der Waals surface area contributed by atoms with Gasteiger partial charge >= 0.3 is 6.03 Å². The van der Waals surface area contributed by atoms with E-state index in [2.05, 4.69) is 5.32 Å².